The molecular weight excluding hydrogens is 296 g/mol. The molecule has 1 aliphatic rings. The average molecular weight is 322 g/mol. The van der Waals surface area contributed by atoms with E-state index in [2.05, 4.69) is 26.0 Å². The zero-order valence-corrected chi connectivity index (χ0v) is 14.1. The van der Waals surface area contributed by atoms with Gasteiger partial charge in [0, 0.05) is 18.8 Å². The van der Waals surface area contributed by atoms with Crippen LogP contribution in [0.2, 0.25) is 0 Å². The Morgan fingerprint density at radius 2 is 2.05 bits per heavy atom. The summed E-state index contributed by atoms with van der Waals surface area (Å²) in [5.41, 5.74) is 7.21. The standard InChI is InChI=1S/C17H26N2O2S/c1-12(2)8-14(18)17(21)19-9-15(20)16(10-19)22-11-13-6-4-3-5-7-13/h3-7,12,14-16,20H,8-11,18H2,1-2H3/t14-,15?,16?/m0/s1. The van der Waals surface area contributed by atoms with Crippen molar-refractivity contribution in [2.45, 2.75) is 43.4 Å². The zero-order chi connectivity index (χ0) is 16.1. The summed E-state index contributed by atoms with van der Waals surface area (Å²) in [5, 5.41) is 10.3. The Hall–Kier alpha value is -1.04. The van der Waals surface area contributed by atoms with Crippen LogP contribution in [0, 0.1) is 5.92 Å². The summed E-state index contributed by atoms with van der Waals surface area (Å²) < 4.78 is 0. The number of carbonyl (C=O) groups excluding carboxylic acids is 1. The van der Waals surface area contributed by atoms with Gasteiger partial charge in [0.15, 0.2) is 0 Å². The summed E-state index contributed by atoms with van der Waals surface area (Å²) in [5.74, 6) is 1.22. The molecule has 4 nitrogen and oxygen atoms in total. The SMILES string of the molecule is CC(C)C[C@H](N)C(=O)N1CC(O)C(SCc2ccccc2)C1. The molecule has 0 saturated carbocycles. The summed E-state index contributed by atoms with van der Waals surface area (Å²) in [7, 11) is 0. The van der Waals surface area contributed by atoms with Crippen molar-refractivity contribution in [1.29, 1.82) is 0 Å². The molecule has 2 rings (SSSR count). The molecule has 0 bridgehead atoms. The van der Waals surface area contributed by atoms with Crippen LogP contribution < -0.4 is 5.73 Å². The van der Waals surface area contributed by atoms with Crippen LogP contribution in [0.4, 0.5) is 0 Å². The number of β-amino-alcohol motifs (C(OH)–C–C–N with tert-alkyl or cyclic N) is 1. The first-order chi connectivity index (χ1) is 10.5. The largest absolute Gasteiger partial charge is 0.390 e. The Morgan fingerprint density at radius 3 is 2.68 bits per heavy atom. The molecule has 22 heavy (non-hydrogen) atoms. The van der Waals surface area contributed by atoms with Gasteiger partial charge in [-0.15, -0.1) is 11.8 Å². The van der Waals surface area contributed by atoms with Crippen LogP contribution in [0.1, 0.15) is 25.8 Å². The third kappa shape index (κ3) is 4.73. The van der Waals surface area contributed by atoms with Crippen molar-refractivity contribution in [2.24, 2.45) is 11.7 Å². The van der Waals surface area contributed by atoms with Crippen LogP contribution in [0.3, 0.4) is 0 Å². The van der Waals surface area contributed by atoms with Crippen LogP contribution >= 0.6 is 11.8 Å². The van der Waals surface area contributed by atoms with E-state index in [0.717, 1.165) is 5.75 Å². The monoisotopic (exact) mass is 322 g/mol. The van der Waals surface area contributed by atoms with Crippen LogP contribution in [-0.4, -0.2) is 46.4 Å². The lowest BCUT2D eigenvalue weighted by Crippen LogP contribution is -2.43. The number of nitrogens with zero attached hydrogens (tertiary/aromatic N) is 1. The van der Waals surface area contributed by atoms with E-state index in [-0.39, 0.29) is 11.2 Å². The molecule has 0 aliphatic carbocycles. The number of nitrogens with two attached hydrogens (primary N) is 1. The average Bonchev–Trinajstić information content (AvgIpc) is 2.86. The predicted molar refractivity (Wildman–Crippen MR) is 91.5 cm³/mol. The fraction of sp³-hybridized carbons (Fsp3) is 0.588. The second-order valence-electron chi connectivity index (χ2n) is 6.38. The van der Waals surface area contributed by atoms with E-state index >= 15 is 0 Å². The van der Waals surface area contributed by atoms with Gasteiger partial charge >= 0.3 is 0 Å². The van der Waals surface area contributed by atoms with Gasteiger partial charge in [-0.1, -0.05) is 44.2 Å². The highest BCUT2D eigenvalue weighted by Crippen LogP contribution is 2.27. The molecule has 1 aliphatic heterocycles. The number of hydrogen-bond donors (Lipinski definition) is 2. The number of aliphatic hydroxyl groups is 1. The Bertz CT molecular complexity index is 481. The van der Waals surface area contributed by atoms with E-state index in [1.807, 2.05) is 18.2 Å². The first-order valence-corrected chi connectivity index (χ1v) is 8.90. The van der Waals surface area contributed by atoms with Crippen molar-refractivity contribution < 1.29 is 9.90 Å². The molecule has 3 atom stereocenters. The minimum Gasteiger partial charge on any atom is -0.390 e. The van der Waals surface area contributed by atoms with Gasteiger partial charge in [-0.3, -0.25) is 4.79 Å². The highest BCUT2D eigenvalue weighted by atomic mass is 32.2. The van der Waals surface area contributed by atoms with Crippen molar-refractivity contribution in [2.75, 3.05) is 13.1 Å². The molecule has 1 saturated heterocycles. The van der Waals surface area contributed by atoms with Crippen LogP contribution in [0.25, 0.3) is 0 Å². The fourth-order valence-corrected chi connectivity index (χ4v) is 3.91. The second kappa shape index (κ2) is 7.99. The fourth-order valence-electron chi connectivity index (χ4n) is 2.72. The topological polar surface area (TPSA) is 66.6 Å². The lowest BCUT2D eigenvalue weighted by Gasteiger charge is -2.21. The van der Waals surface area contributed by atoms with Gasteiger partial charge in [0.05, 0.1) is 17.4 Å². The molecule has 0 aromatic heterocycles. The normalized spacial score (nSPS) is 23.0. The molecule has 122 valence electrons. The van der Waals surface area contributed by atoms with Gasteiger partial charge in [-0.05, 0) is 17.9 Å². The molecular formula is C17H26N2O2S. The Kier molecular flexibility index (Phi) is 6.29. The molecule has 0 spiro atoms. The van der Waals surface area contributed by atoms with Crippen LogP contribution in [-0.2, 0) is 10.5 Å². The van der Waals surface area contributed by atoms with Gasteiger partial charge in [0.25, 0.3) is 0 Å². The first-order valence-electron chi connectivity index (χ1n) is 7.85. The van der Waals surface area contributed by atoms with E-state index in [4.69, 9.17) is 5.73 Å². The molecule has 0 radical (unpaired) electrons. The lowest BCUT2D eigenvalue weighted by molar-refractivity contribution is -0.132. The smallest absolute Gasteiger partial charge is 0.239 e. The second-order valence-corrected chi connectivity index (χ2v) is 7.61. The Labute approximate surface area is 137 Å². The molecule has 3 N–H and O–H groups in total. The van der Waals surface area contributed by atoms with E-state index in [0.29, 0.717) is 25.4 Å². The summed E-state index contributed by atoms with van der Waals surface area (Å²) in [6.07, 6.45) is 0.219. The maximum Gasteiger partial charge on any atom is 0.239 e. The molecule has 2 unspecified atom stereocenters. The molecule has 1 aromatic carbocycles. The van der Waals surface area contributed by atoms with E-state index in [1.54, 1.807) is 16.7 Å². The van der Waals surface area contributed by atoms with Crippen molar-refractivity contribution >= 4 is 17.7 Å². The number of benzene rings is 1. The zero-order valence-electron chi connectivity index (χ0n) is 13.3. The van der Waals surface area contributed by atoms with Gasteiger partial charge in [-0.25, -0.2) is 0 Å². The number of amides is 1. The molecule has 1 amide bonds. The van der Waals surface area contributed by atoms with Crippen molar-refractivity contribution in [3.05, 3.63) is 35.9 Å². The number of carbonyl (C=O) groups is 1. The van der Waals surface area contributed by atoms with Crippen LogP contribution in [0.5, 0.6) is 0 Å². The highest BCUT2D eigenvalue weighted by molar-refractivity contribution is 7.99. The van der Waals surface area contributed by atoms with E-state index in [1.165, 1.54) is 5.56 Å². The maximum atomic E-state index is 12.3. The summed E-state index contributed by atoms with van der Waals surface area (Å²) in [6, 6.07) is 9.73. The van der Waals surface area contributed by atoms with Gasteiger partial charge < -0.3 is 15.7 Å². The van der Waals surface area contributed by atoms with Gasteiger partial charge in [0.2, 0.25) is 5.91 Å². The van der Waals surface area contributed by atoms with Crippen molar-refractivity contribution in [1.82, 2.24) is 4.90 Å². The highest BCUT2D eigenvalue weighted by Gasteiger charge is 2.35. The third-order valence-corrected chi connectivity index (χ3v) is 5.29. The minimum atomic E-state index is -0.469. The molecule has 1 aromatic rings. The van der Waals surface area contributed by atoms with Crippen molar-refractivity contribution in [3.63, 3.8) is 0 Å². The number of hydrogen-bond acceptors (Lipinski definition) is 4. The minimum absolute atomic E-state index is 0.0319. The first kappa shape index (κ1) is 17.3. The van der Waals surface area contributed by atoms with Crippen molar-refractivity contribution in [3.8, 4) is 0 Å². The van der Waals surface area contributed by atoms with E-state index < -0.39 is 12.1 Å². The molecule has 1 fully saturated rings. The lowest BCUT2D eigenvalue weighted by atomic mass is 10.0. The Balaban J connectivity index is 1.85. The number of rotatable bonds is 6. The quantitative estimate of drug-likeness (QED) is 0.839. The Morgan fingerprint density at radius 1 is 1.36 bits per heavy atom. The predicted octanol–water partition coefficient (Wildman–Crippen LogP) is 1.86. The van der Waals surface area contributed by atoms with E-state index in [9.17, 15) is 9.90 Å². The van der Waals surface area contributed by atoms with Gasteiger partial charge in [0.1, 0.15) is 0 Å². The number of thioether (sulfide) groups is 1. The molecule has 1 heterocycles. The number of aliphatic hydroxyl groups excluding tert-OH is 1. The number of likely N-dealkylation sites (tertiary alicyclic amines) is 1. The summed E-state index contributed by atoms with van der Waals surface area (Å²) in [4.78, 5) is 14.0. The third-order valence-electron chi connectivity index (χ3n) is 3.90. The summed E-state index contributed by atoms with van der Waals surface area (Å²) >= 11 is 1.71. The van der Waals surface area contributed by atoms with Gasteiger partial charge in [-0.2, -0.15) is 0 Å². The molecule has 5 heteroatoms. The maximum absolute atomic E-state index is 12.3. The van der Waals surface area contributed by atoms with Crippen LogP contribution in [0.15, 0.2) is 30.3 Å². The summed E-state index contributed by atoms with van der Waals surface area (Å²) in [6.45, 7) is 5.11.